The second-order valence-corrected chi connectivity index (χ2v) is 5.34. The smallest absolute Gasteiger partial charge is 0.223 e. The summed E-state index contributed by atoms with van der Waals surface area (Å²) in [4.78, 5) is 17.3. The molecule has 0 radical (unpaired) electrons. The van der Waals surface area contributed by atoms with Gasteiger partial charge in [-0.25, -0.2) is 9.97 Å². The van der Waals surface area contributed by atoms with Gasteiger partial charge in [-0.3, -0.25) is 0 Å². The van der Waals surface area contributed by atoms with Gasteiger partial charge >= 0.3 is 0 Å². The minimum absolute atomic E-state index is 0.309. The molecule has 2 heterocycles. The maximum absolute atomic E-state index is 5.83. The molecule has 21 heavy (non-hydrogen) atoms. The van der Waals surface area contributed by atoms with Crippen molar-refractivity contribution < 1.29 is 4.74 Å². The van der Waals surface area contributed by atoms with E-state index < -0.39 is 0 Å². The number of nitrogens with zero attached hydrogens (tertiary/aromatic N) is 4. The van der Waals surface area contributed by atoms with Crippen LogP contribution < -0.4 is 10.5 Å². The van der Waals surface area contributed by atoms with Crippen molar-refractivity contribution >= 4 is 5.95 Å². The summed E-state index contributed by atoms with van der Waals surface area (Å²) in [6.45, 7) is 0. The van der Waals surface area contributed by atoms with Crippen LogP contribution >= 0.6 is 0 Å². The molecule has 0 aliphatic heterocycles. The molecule has 2 aromatic rings. The minimum Gasteiger partial charge on any atom is -0.481 e. The Bertz CT molecular complexity index is 608. The van der Waals surface area contributed by atoms with Crippen molar-refractivity contribution in [3.63, 3.8) is 0 Å². The van der Waals surface area contributed by atoms with Crippen LogP contribution in [0.4, 0.5) is 5.95 Å². The van der Waals surface area contributed by atoms with Crippen molar-refractivity contribution in [1.82, 2.24) is 19.9 Å². The van der Waals surface area contributed by atoms with E-state index in [9.17, 15) is 0 Å². The fourth-order valence-corrected chi connectivity index (χ4v) is 2.72. The predicted octanol–water partition coefficient (Wildman–Crippen LogP) is 2.11. The van der Waals surface area contributed by atoms with Crippen LogP contribution in [0.2, 0.25) is 0 Å². The van der Waals surface area contributed by atoms with E-state index in [1.807, 2.05) is 12.1 Å². The second kappa shape index (κ2) is 6.03. The molecule has 0 spiro atoms. The summed E-state index contributed by atoms with van der Waals surface area (Å²) in [7, 11) is 1.60. The fourth-order valence-electron chi connectivity index (χ4n) is 2.72. The third-order valence-electron chi connectivity index (χ3n) is 3.81. The number of nitrogen functional groups attached to an aromatic ring is 1. The summed E-state index contributed by atoms with van der Waals surface area (Å²) in [5, 5.41) is 0. The Hall–Kier alpha value is -2.24. The van der Waals surface area contributed by atoms with Crippen LogP contribution in [0.15, 0.2) is 18.3 Å². The van der Waals surface area contributed by atoms with E-state index in [-0.39, 0.29) is 0 Å². The topological polar surface area (TPSA) is 86.8 Å². The van der Waals surface area contributed by atoms with Crippen LogP contribution in [-0.4, -0.2) is 27.0 Å². The molecule has 3 rings (SSSR count). The van der Waals surface area contributed by atoms with E-state index in [4.69, 9.17) is 10.5 Å². The molecule has 1 aliphatic rings. The fraction of sp³-hybridized carbons (Fsp3) is 0.467. The molecule has 1 fully saturated rings. The highest BCUT2D eigenvalue weighted by atomic mass is 16.5. The number of aromatic nitrogens is 4. The lowest BCUT2D eigenvalue weighted by molar-refractivity contribution is 0.397. The molecule has 6 heteroatoms. The molecule has 0 atom stereocenters. The minimum atomic E-state index is 0.309. The number of pyridine rings is 1. The maximum Gasteiger partial charge on any atom is 0.223 e. The number of rotatable bonds is 4. The maximum atomic E-state index is 5.83. The van der Waals surface area contributed by atoms with E-state index in [0.717, 1.165) is 24.2 Å². The normalized spacial score (nSPS) is 15.3. The zero-order valence-electron chi connectivity index (χ0n) is 12.1. The molecule has 0 aromatic carbocycles. The summed E-state index contributed by atoms with van der Waals surface area (Å²) in [5.74, 6) is 2.89. The van der Waals surface area contributed by atoms with E-state index in [2.05, 4.69) is 19.9 Å². The predicted molar refractivity (Wildman–Crippen MR) is 79.0 cm³/mol. The number of anilines is 1. The molecule has 0 bridgehead atoms. The van der Waals surface area contributed by atoms with Crippen molar-refractivity contribution in [3.8, 4) is 5.88 Å². The van der Waals surface area contributed by atoms with Crippen LogP contribution in [0, 0.1) is 0 Å². The van der Waals surface area contributed by atoms with E-state index >= 15 is 0 Å². The third kappa shape index (κ3) is 3.26. The first-order valence-electron chi connectivity index (χ1n) is 7.24. The van der Waals surface area contributed by atoms with Gasteiger partial charge in [0.1, 0.15) is 11.6 Å². The first kappa shape index (κ1) is 13.7. The Labute approximate surface area is 123 Å². The molecule has 0 amide bonds. The molecule has 6 nitrogen and oxygen atoms in total. The summed E-state index contributed by atoms with van der Waals surface area (Å²) >= 11 is 0. The summed E-state index contributed by atoms with van der Waals surface area (Å²) < 4.78 is 5.05. The van der Waals surface area contributed by atoms with Crippen molar-refractivity contribution in [1.29, 1.82) is 0 Å². The lowest BCUT2D eigenvalue weighted by Gasteiger charge is -2.09. The van der Waals surface area contributed by atoms with Gasteiger partial charge in [-0.2, -0.15) is 9.97 Å². The number of hydrogen-bond acceptors (Lipinski definition) is 6. The van der Waals surface area contributed by atoms with Crippen LogP contribution in [0.3, 0.4) is 0 Å². The van der Waals surface area contributed by atoms with Crippen molar-refractivity contribution in [3.05, 3.63) is 35.5 Å². The van der Waals surface area contributed by atoms with Gasteiger partial charge in [-0.1, -0.05) is 18.9 Å². The molecular weight excluding hydrogens is 266 g/mol. The van der Waals surface area contributed by atoms with Crippen molar-refractivity contribution in [2.45, 2.75) is 38.0 Å². The zero-order valence-corrected chi connectivity index (χ0v) is 12.1. The average Bonchev–Trinajstić information content (AvgIpc) is 3.02. The van der Waals surface area contributed by atoms with Gasteiger partial charge in [0.15, 0.2) is 0 Å². The molecule has 110 valence electrons. The number of ether oxygens (including phenoxy) is 1. The molecule has 0 unspecified atom stereocenters. The van der Waals surface area contributed by atoms with Gasteiger partial charge in [-0.15, -0.1) is 0 Å². The molecule has 1 saturated carbocycles. The molecule has 0 saturated heterocycles. The van der Waals surface area contributed by atoms with Gasteiger partial charge in [0, 0.05) is 24.6 Å². The highest BCUT2D eigenvalue weighted by molar-refractivity contribution is 5.24. The lowest BCUT2D eigenvalue weighted by atomic mass is 10.1. The second-order valence-electron chi connectivity index (χ2n) is 5.34. The Morgan fingerprint density at radius 2 is 2.00 bits per heavy atom. The summed E-state index contributed by atoms with van der Waals surface area (Å²) in [6, 6.07) is 3.79. The van der Waals surface area contributed by atoms with Gasteiger partial charge in [-0.05, 0) is 18.4 Å². The average molecular weight is 285 g/mol. The summed E-state index contributed by atoms with van der Waals surface area (Å²) in [5.41, 5.74) is 6.86. The number of hydrogen-bond donors (Lipinski definition) is 1. The molecule has 2 N–H and O–H groups in total. The van der Waals surface area contributed by atoms with Crippen LogP contribution in [-0.2, 0) is 6.42 Å². The van der Waals surface area contributed by atoms with Crippen LogP contribution in [0.5, 0.6) is 5.88 Å². The lowest BCUT2D eigenvalue weighted by Crippen LogP contribution is -2.10. The Balaban J connectivity index is 1.80. The van der Waals surface area contributed by atoms with E-state index in [0.29, 0.717) is 30.0 Å². The highest BCUT2D eigenvalue weighted by Gasteiger charge is 2.21. The quantitative estimate of drug-likeness (QED) is 0.925. The first-order valence-corrected chi connectivity index (χ1v) is 7.24. The molecule has 1 aliphatic carbocycles. The Morgan fingerprint density at radius 3 is 2.67 bits per heavy atom. The number of methoxy groups -OCH3 is 1. The summed E-state index contributed by atoms with van der Waals surface area (Å²) in [6.07, 6.45) is 7.15. The van der Waals surface area contributed by atoms with E-state index in [1.165, 1.54) is 12.8 Å². The first-order chi connectivity index (χ1) is 10.2. The zero-order chi connectivity index (χ0) is 14.7. The molecule has 2 aromatic heterocycles. The van der Waals surface area contributed by atoms with Gasteiger partial charge in [0.05, 0.1) is 7.11 Å². The monoisotopic (exact) mass is 285 g/mol. The Kier molecular flexibility index (Phi) is 3.94. The number of nitrogens with two attached hydrogens (primary N) is 1. The highest BCUT2D eigenvalue weighted by Crippen LogP contribution is 2.32. The van der Waals surface area contributed by atoms with Crippen LogP contribution in [0.1, 0.15) is 48.8 Å². The standard InChI is InChI=1S/C15H19N5O/c1-21-13-7-6-10(9-17-13)8-12-18-14(20-15(16)19-12)11-4-2-3-5-11/h6-7,9,11H,2-5,8H2,1H3,(H2,16,18,19,20). The SMILES string of the molecule is COc1ccc(Cc2nc(N)nc(C3CCCC3)n2)cn1. The van der Waals surface area contributed by atoms with Gasteiger partial charge < -0.3 is 10.5 Å². The van der Waals surface area contributed by atoms with Crippen molar-refractivity contribution in [2.24, 2.45) is 0 Å². The largest absolute Gasteiger partial charge is 0.481 e. The van der Waals surface area contributed by atoms with E-state index in [1.54, 1.807) is 13.3 Å². The third-order valence-corrected chi connectivity index (χ3v) is 3.81. The van der Waals surface area contributed by atoms with Gasteiger partial charge in [0.2, 0.25) is 11.8 Å². The Morgan fingerprint density at radius 1 is 1.19 bits per heavy atom. The van der Waals surface area contributed by atoms with Crippen molar-refractivity contribution in [2.75, 3.05) is 12.8 Å². The van der Waals surface area contributed by atoms with Gasteiger partial charge in [0.25, 0.3) is 0 Å². The molecular formula is C15H19N5O. The van der Waals surface area contributed by atoms with Crippen LogP contribution in [0.25, 0.3) is 0 Å².